The van der Waals surface area contributed by atoms with Gasteiger partial charge in [0.05, 0.1) is 0 Å². The third-order valence-corrected chi connectivity index (χ3v) is 6.68. The molecule has 0 N–H and O–H groups in total. The molecular formula is C13H25BrN2O2S. The van der Waals surface area contributed by atoms with Gasteiger partial charge in [-0.25, -0.2) is 0 Å². The van der Waals surface area contributed by atoms with E-state index in [0.717, 1.165) is 50.3 Å². The Labute approximate surface area is 125 Å². The molecule has 1 unspecified atom stereocenters. The molecule has 0 spiro atoms. The second kappa shape index (κ2) is 7.38. The molecule has 4 nitrogen and oxygen atoms in total. The van der Waals surface area contributed by atoms with Crippen LogP contribution in [0.3, 0.4) is 0 Å². The fraction of sp³-hybridized carbons (Fsp3) is 1.00. The Morgan fingerprint density at radius 2 is 1.58 bits per heavy atom. The van der Waals surface area contributed by atoms with Crippen molar-refractivity contribution in [3.05, 3.63) is 0 Å². The molecule has 0 aromatic carbocycles. The van der Waals surface area contributed by atoms with Gasteiger partial charge in [0.1, 0.15) is 0 Å². The second-order valence-corrected chi connectivity index (χ2v) is 8.39. The molecule has 0 aliphatic carbocycles. The molecule has 0 aromatic heterocycles. The third kappa shape index (κ3) is 4.16. The second-order valence-electron chi connectivity index (χ2n) is 5.66. The van der Waals surface area contributed by atoms with Crippen molar-refractivity contribution in [2.24, 2.45) is 5.92 Å². The predicted molar refractivity (Wildman–Crippen MR) is 81.7 cm³/mol. The van der Waals surface area contributed by atoms with Gasteiger partial charge in [-0.05, 0) is 38.0 Å². The van der Waals surface area contributed by atoms with E-state index < -0.39 is 10.2 Å². The first-order valence-corrected chi connectivity index (χ1v) is 9.97. The van der Waals surface area contributed by atoms with E-state index in [4.69, 9.17) is 0 Å². The highest BCUT2D eigenvalue weighted by Crippen LogP contribution is 2.25. The van der Waals surface area contributed by atoms with Gasteiger partial charge in [-0.1, -0.05) is 28.8 Å². The Hall–Kier alpha value is 0.350. The van der Waals surface area contributed by atoms with Crippen molar-refractivity contribution in [3.8, 4) is 0 Å². The van der Waals surface area contributed by atoms with Crippen LogP contribution < -0.4 is 0 Å². The maximum Gasteiger partial charge on any atom is 0.281 e. The van der Waals surface area contributed by atoms with Crippen LogP contribution in [-0.2, 0) is 10.2 Å². The molecule has 0 saturated carbocycles. The summed E-state index contributed by atoms with van der Waals surface area (Å²) in [6.45, 7) is 2.84. The van der Waals surface area contributed by atoms with Gasteiger partial charge in [0.2, 0.25) is 0 Å². The number of piperidine rings is 1. The summed E-state index contributed by atoms with van der Waals surface area (Å²) in [4.78, 5) is 0. The Morgan fingerprint density at radius 3 is 2.21 bits per heavy atom. The normalized spacial score (nSPS) is 28.2. The average Bonchev–Trinajstić information content (AvgIpc) is 2.69. The monoisotopic (exact) mass is 352 g/mol. The summed E-state index contributed by atoms with van der Waals surface area (Å²) in [7, 11) is -3.21. The van der Waals surface area contributed by atoms with Crippen LogP contribution in [0.1, 0.15) is 44.9 Å². The topological polar surface area (TPSA) is 40.6 Å². The van der Waals surface area contributed by atoms with Gasteiger partial charge in [-0.15, -0.1) is 0 Å². The maximum atomic E-state index is 12.7. The standard InChI is InChI=1S/C13H25BrN2O2S/c14-8-7-13-6-5-11-16(12-13)19(17,18)15-9-3-1-2-4-10-15/h13H,1-12H2. The van der Waals surface area contributed by atoms with E-state index in [1.807, 2.05) is 0 Å². The molecule has 0 radical (unpaired) electrons. The number of rotatable bonds is 4. The summed E-state index contributed by atoms with van der Waals surface area (Å²) < 4.78 is 28.8. The Morgan fingerprint density at radius 1 is 0.947 bits per heavy atom. The fourth-order valence-corrected chi connectivity index (χ4v) is 5.51. The Bertz CT molecular complexity index is 365. The largest absolute Gasteiger partial charge is 0.281 e. The zero-order valence-corrected chi connectivity index (χ0v) is 14.0. The number of alkyl halides is 1. The molecule has 0 amide bonds. The van der Waals surface area contributed by atoms with Crippen LogP contribution in [0.2, 0.25) is 0 Å². The van der Waals surface area contributed by atoms with Gasteiger partial charge in [-0.3, -0.25) is 0 Å². The van der Waals surface area contributed by atoms with E-state index in [-0.39, 0.29) is 0 Å². The van der Waals surface area contributed by atoms with Crippen molar-refractivity contribution in [1.29, 1.82) is 0 Å². The molecule has 2 rings (SSSR count). The van der Waals surface area contributed by atoms with Crippen molar-refractivity contribution in [2.45, 2.75) is 44.9 Å². The van der Waals surface area contributed by atoms with E-state index in [9.17, 15) is 8.42 Å². The van der Waals surface area contributed by atoms with Crippen LogP contribution in [0.4, 0.5) is 0 Å². The molecule has 112 valence electrons. The van der Waals surface area contributed by atoms with Crippen molar-refractivity contribution >= 4 is 26.1 Å². The number of hydrogen-bond donors (Lipinski definition) is 0. The molecule has 0 bridgehead atoms. The van der Waals surface area contributed by atoms with Crippen LogP contribution in [0.5, 0.6) is 0 Å². The first-order chi connectivity index (χ1) is 9.14. The van der Waals surface area contributed by atoms with Gasteiger partial charge >= 0.3 is 0 Å². The quantitative estimate of drug-likeness (QED) is 0.729. The third-order valence-electron chi connectivity index (χ3n) is 4.22. The highest BCUT2D eigenvalue weighted by molar-refractivity contribution is 9.09. The summed E-state index contributed by atoms with van der Waals surface area (Å²) in [5.74, 6) is 0.523. The average molecular weight is 353 g/mol. The summed E-state index contributed by atoms with van der Waals surface area (Å²) >= 11 is 3.46. The van der Waals surface area contributed by atoms with Gasteiger partial charge in [-0.2, -0.15) is 17.0 Å². The lowest BCUT2D eigenvalue weighted by molar-refractivity contribution is 0.244. The molecule has 0 aromatic rings. The lowest BCUT2D eigenvalue weighted by Gasteiger charge is -2.35. The highest BCUT2D eigenvalue weighted by Gasteiger charge is 2.33. The zero-order chi connectivity index (χ0) is 13.7. The van der Waals surface area contributed by atoms with Gasteiger partial charge in [0, 0.05) is 31.5 Å². The summed E-state index contributed by atoms with van der Waals surface area (Å²) in [5, 5.41) is 0.968. The van der Waals surface area contributed by atoms with Crippen LogP contribution in [-0.4, -0.2) is 48.5 Å². The number of nitrogens with zero attached hydrogens (tertiary/aromatic N) is 2. The van der Waals surface area contributed by atoms with E-state index in [1.54, 1.807) is 8.61 Å². The van der Waals surface area contributed by atoms with E-state index in [0.29, 0.717) is 32.1 Å². The summed E-state index contributed by atoms with van der Waals surface area (Å²) in [6.07, 6.45) is 7.60. The van der Waals surface area contributed by atoms with E-state index in [1.165, 1.54) is 0 Å². The zero-order valence-electron chi connectivity index (χ0n) is 11.6. The summed E-state index contributed by atoms with van der Waals surface area (Å²) in [6, 6.07) is 0. The molecule has 2 aliphatic heterocycles. The molecule has 19 heavy (non-hydrogen) atoms. The van der Waals surface area contributed by atoms with Gasteiger partial charge < -0.3 is 0 Å². The minimum Gasteiger partial charge on any atom is -0.195 e. The van der Waals surface area contributed by atoms with Crippen molar-refractivity contribution in [3.63, 3.8) is 0 Å². The van der Waals surface area contributed by atoms with Crippen molar-refractivity contribution in [2.75, 3.05) is 31.5 Å². The minimum absolute atomic E-state index is 0.523. The van der Waals surface area contributed by atoms with E-state index in [2.05, 4.69) is 15.9 Å². The molecular weight excluding hydrogens is 328 g/mol. The lowest BCUT2D eigenvalue weighted by atomic mass is 9.97. The highest BCUT2D eigenvalue weighted by atomic mass is 79.9. The SMILES string of the molecule is O=S(=O)(N1CCCCCC1)N1CCCC(CCBr)C1. The van der Waals surface area contributed by atoms with Crippen LogP contribution in [0, 0.1) is 5.92 Å². The van der Waals surface area contributed by atoms with Crippen molar-refractivity contribution < 1.29 is 8.42 Å². The van der Waals surface area contributed by atoms with Crippen LogP contribution in [0.25, 0.3) is 0 Å². The molecule has 1 atom stereocenters. The Kier molecular flexibility index (Phi) is 6.11. The first kappa shape index (κ1) is 15.7. The van der Waals surface area contributed by atoms with Gasteiger partial charge in [0.25, 0.3) is 10.2 Å². The number of halogens is 1. The lowest BCUT2D eigenvalue weighted by Crippen LogP contribution is -2.48. The van der Waals surface area contributed by atoms with Gasteiger partial charge in [0.15, 0.2) is 0 Å². The molecule has 2 fully saturated rings. The molecule has 2 aliphatic rings. The number of hydrogen-bond acceptors (Lipinski definition) is 2. The fourth-order valence-electron chi connectivity index (χ4n) is 3.06. The molecule has 2 saturated heterocycles. The molecule has 6 heteroatoms. The van der Waals surface area contributed by atoms with Crippen LogP contribution in [0.15, 0.2) is 0 Å². The van der Waals surface area contributed by atoms with Crippen LogP contribution >= 0.6 is 15.9 Å². The first-order valence-electron chi connectivity index (χ1n) is 7.46. The predicted octanol–water partition coefficient (Wildman–Crippen LogP) is 2.60. The smallest absolute Gasteiger partial charge is 0.195 e. The minimum atomic E-state index is -3.21. The van der Waals surface area contributed by atoms with E-state index >= 15 is 0 Å². The van der Waals surface area contributed by atoms with Crippen molar-refractivity contribution in [1.82, 2.24) is 8.61 Å². The summed E-state index contributed by atoms with van der Waals surface area (Å²) in [5.41, 5.74) is 0. The molecule has 2 heterocycles. The Balaban J connectivity index is 2.01. The maximum absolute atomic E-state index is 12.7.